The molecule has 1 aromatic rings. The molecule has 2 saturated heterocycles. The smallest absolute Gasteiger partial charge is 0.270 e. The van der Waals surface area contributed by atoms with Gasteiger partial charge >= 0.3 is 0 Å². The summed E-state index contributed by atoms with van der Waals surface area (Å²) in [4.78, 5) is 27.0. The van der Waals surface area contributed by atoms with Crippen LogP contribution in [0.2, 0.25) is 0 Å². The van der Waals surface area contributed by atoms with E-state index in [1.807, 2.05) is 30.3 Å². The molecule has 0 aliphatic carbocycles. The Morgan fingerprint density at radius 1 is 1.18 bits per heavy atom. The van der Waals surface area contributed by atoms with E-state index in [1.165, 1.54) is 5.01 Å². The van der Waals surface area contributed by atoms with Crippen molar-refractivity contribution in [2.75, 3.05) is 31.2 Å². The summed E-state index contributed by atoms with van der Waals surface area (Å²) in [5.41, 5.74) is 1.33. The fourth-order valence-electron chi connectivity index (χ4n) is 3.86. The summed E-state index contributed by atoms with van der Waals surface area (Å²) in [5.74, 6) is -0.454. The predicted octanol–water partition coefficient (Wildman–Crippen LogP) is 0.752. The van der Waals surface area contributed by atoms with Crippen LogP contribution in [0.3, 0.4) is 0 Å². The van der Waals surface area contributed by atoms with Gasteiger partial charge in [0.2, 0.25) is 5.91 Å². The summed E-state index contributed by atoms with van der Waals surface area (Å²) in [6.45, 7) is 1.32. The van der Waals surface area contributed by atoms with Crippen LogP contribution >= 0.6 is 0 Å². The van der Waals surface area contributed by atoms with Crippen molar-refractivity contribution in [3.05, 3.63) is 35.9 Å². The van der Waals surface area contributed by atoms with Crippen molar-refractivity contribution in [2.45, 2.75) is 31.4 Å². The van der Waals surface area contributed by atoms with Crippen LogP contribution in [0.15, 0.2) is 35.4 Å². The lowest BCUT2D eigenvalue weighted by Gasteiger charge is -2.35. The average molecular weight is 405 g/mol. The Kier molecular flexibility index (Phi) is 5.20. The van der Waals surface area contributed by atoms with E-state index in [1.54, 1.807) is 4.90 Å². The van der Waals surface area contributed by atoms with E-state index in [0.29, 0.717) is 31.8 Å². The summed E-state index contributed by atoms with van der Waals surface area (Å²) in [7, 11) is -3.14. The van der Waals surface area contributed by atoms with E-state index in [9.17, 15) is 18.0 Å². The first-order valence-corrected chi connectivity index (χ1v) is 11.3. The summed E-state index contributed by atoms with van der Waals surface area (Å²) in [5, 5.41) is 5.52. The second kappa shape index (κ2) is 7.63. The first-order valence-electron chi connectivity index (χ1n) is 9.49. The number of morpholine rings is 1. The molecule has 0 radical (unpaired) electrons. The van der Waals surface area contributed by atoms with Gasteiger partial charge in [0.1, 0.15) is 11.8 Å². The molecule has 150 valence electrons. The largest absolute Gasteiger partial charge is 0.370 e. The lowest BCUT2D eigenvalue weighted by Crippen LogP contribution is -2.48. The maximum atomic E-state index is 13.0. The average Bonchev–Trinajstić information content (AvgIpc) is 3.08. The van der Waals surface area contributed by atoms with Crippen molar-refractivity contribution < 1.29 is 22.7 Å². The van der Waals surface area contributed by atoms with Gasteiger partial charge in [0.05, 0.1) is 30.7 Å². The molecule has 2 fully saturated rings. The Morgan fingerprint density at radius 2 is 1.96 bits per heavy atom. The Morgan fingerprint density at radius 3 is 2.68 bits per heavy atom. The fourth-order valence-corrected chi connectivity index (χ4v) is 5.56. The Hall–Kier alpha value is -2.26. The Labute approximate surface area is 164 Å². The maximum Gasteiger partial charge on any atom is 0.270 e. The number of amides is 2. The van der Waals surface area contributed by atoms with Gasteiger partial charge in [-0.2, -0.15) is 5.10 Å². The minimum atomic E-state index is -3.14. The molecular formula is C19H23N3O5S. The Balaban J connectivity index is 1.49. The van der Waals surface area contributed by atoms with Crippen LogP contribution in [0, 0.1) is 0 Å². The van der Waals surface area contributed by atoms with Crippen molar-refractivity contribution in [3.8, 4) is 0 Å². The predicted molar refractivity (Wildman–Crippen MR) is 102 cm³/mol. The zero-order chi connectivity index (χ0) is 19.7. The molecular weight excluding hydrogens is 382 g/mol. The van der Waals surface area contributed by atoms with Gasteiger partial charge in [-0.1, -0.05) is 30.3 Å². The number of hydrogen-bond acceptors (Lipinski definition) is 6. The van der Waals surface area contributed by atoms with Gasteiger partial charge in [-0.15, -0.1) is 0 Å². The van der Waals surface area contributed by atoms with Gasteiger partial charge in [-0.05, 0) is 12.0 Å². The highest BCUT2D eigenvalue weighted by Crippen LogP contribution is 2.25. The standard InChI is InChI=1S/C19H23N3O5S/c23-18-7-6-16(20-22(18)15-8-11-28(25,26)13-15)19(24)21-9-10-27-17(12-21)14-4-2-1-3-5-14/h1-5,15,17H,6-13H2/t15-,17-/m0/s1. The number of benzene rings is 1. The number of nitrogens with zero attached hydrogens (tertiary/aromatic N) is 3. The maximum absolute atomic E-state index is 13.0. The topological polar surface area (TPSA) is 96.3 Å². The second-order valence-corrected chi connectivity index (χ2v) is 9.59. The van der Waals surface area contributed by atoms with Crippen LogP contribution in [-0.2, 0) is 24.2 Å². The van der Waals surface area contributed by atoms with Gasteiger partial charge in [-0.3, -0.25) is 9.59 Å². The number of carbonyl (C=O) groups excluding carboxylic acids is 2. The number of hydrogen-bond donors (Lipinski definition) is 0. The van der Waals surface area contributed by atoms with Crippen molar-refractivity contribution in [3.63, 3.8) is 0 Å². The van der Waals surface area contributed by atoms with E-state index < -0.39 is 15.9 Å². The van der Waals surface area contributed by atoms with Gasteiger partial charge in [0, 0.05) is 19.4 Å². The molecule has 1 aromatic carbocycles. The van der Waals surface area contributed by atoms with E-state index in [2.05, 4.69) is 5.10 Å². The molecule has 0 bridgehead atoms. The highest BCUT2D eigenvalue weighted by Gasteiger charge is 2.38. The van der Waals surface area contributed by atoms with Crippen molar-refractivity contribution >= 4 is 27.4 Å². The number of sulfone groups is 1. The van der Waals surface area contributed by atoms with Crippen LogP contribution in [0.5, 0.6) is 0 Å². The molecule has 3 aliphatic heterocycles. The van der Waals surface area contributed by atoms with E-state index in [-0.39, 0.29) is 42.3 Å². The Bertz CT molecular complexity index is 899. The fraction of sp³-hybridized carbons (Fsp3) is 0.526. The van der Waals surface area contributed by atoms with Gasteiger partial charge in [-0.25, -0.2) is 13.4 Å². The number of hydrazone groups is 1. The highest BCUT2D eigenvalue weighted by atomic mass is 32.2. The van der Waals surface area contributed by atoms with Gasteiger partial charge < -0.3 is 9.64 Å². The van der Waals surface area contributed by atoms with Crippen LogP contribution < -0.4 is 0 Å². The molecule has 0 spiro atoms. The zero-order valence-electron chi connectivity index (χ0n) is 15.5. The number of ether oxygens (including phenoxy) is 1. The summed E-state index contributed by atoms with van der Waals surface area (Å²) in [6.07, 6.45) is 0.627. The molecule has 8 nitrogen and oxygen atoms in total. The molecule has 0 N–H and O–H groups in total. The van der Waals surface area contributed by atoms with Crippen molar-refractivity contribution in [2.24, 2.45) is 5.10 Å². The molecule has 9 heteroatoms. The first-order chi connectivity index (χ1) is 13.4. The van der Waals surface area contributed by atoms with E-state index >= 15 is 0 Å². The minimum absolute atomic E-state index is 0.0580. The van der Waals surface area contributed by atoms with Crippen LogP contribution in [0.1, 0.15) is 30.9 Å². The molecule has 0 unspecified atom stereocenters. The highest BCUT2D eigenvalue weighted by molar-refractivity contribution is 7.91. The molecule has 0 saturated carbocycles. The zero-order valence-corrected chi connectivity index (χ0v) is 16.3. The monoisotopic (exact) mass is 405 g/mol. The van der Waals surface area contributed by atoms with Crippen molar-refractivity contribution in [1.82, 2.24) is 9.91 Å². The molecule has 3 heterocycles. The molecule has 28 heavy (non-hydrogen) atoms. The molecule has 2 amide bonds. The van der Waals surface area contributed by atoms with Gasteiger partial charge in [0.15, 0.2) is 9.84 Å². The second-order valence-electron chi connectivity index (χ2n) is 7.36. The number of carbonyl (C=O) groups is 2. The third-order valence-corrected chi connectivity index (χ3v) is 7.14. The molecule has 4 rings (SSSR count). The van der Waals surface area contributed by atoms with Crippen molar-refractivity contribution in [1.29, 1.82) is 0 Å². The third kappa shape index (κ3) is 3.95. The lowest BCUT2D eigenvalue weighted by atomic mass is 10.1. The quantitative estimate of drug-likeness (QED) is 0.739. The molecule has 0 aromatic heterocycles. The normalized spacial score (nSPS) is 27.6. The van der Waals surface area contributed by atoms with Crippen LogP contribution in [0.4, 0.5) is 0 Å². The summed E-state index contributed by atoms with van der Waals surface area (Å²) in [6, 6.07) is 9.27. The van der Waals surface area contributed by atoms with Crippen LogP contribution in [-0.4, -0.2) is 73.1 Å². The van der Waals surface area contributed by atoms with Gasteiger partial charge in [0.25, 0.3) is 5.91 Å². The lowest BCUT2D eigenvalue weighted by molar-refractivity contribution is -0.135. The first kappa shape index (κ1) is 19.1. The summed E-state index contributed by atoms with van der Waals surface area (Å²) >= 11 is 0. The minimum Gasteiger partial charge on any atom is -0.370 e. The third-order valence-electron chi connectivity index (χ3n) is 5.39. The van der Waals surface area contributed by atoms with E-state index in [4.69, 9.17) is 4.74 Å². The van der Waals surface area contributed by atoms with Crippen LogP contribution in [0.25, 0.3) is 0 Å². The number of rotatable bonds is 3. The van der Waals surface area contributed by atoms with E-state index in [0.717, 1.165) is 5.56 Å². The summed E-state index contributed by atoms with van der Waals surface area (Å²) < 4.78 is 29.3. The molecule has 3 aliphatic rings. The molecule has 2 atom stereocenters. The SMILES string of the molecule is O=C(C1=NN([C@H]2CCS(=O)(=O)C2)C(=O)CC1)N1CCO[C@H](c2ccccc2)C1.